The van der Waals surface area contributed by atoms with Gasteiger partial charge in [0.05, 0.1) is 22.0 Å². The molecule has 0 bridgehead atoms. The third-order valence-electron chi connectivity index (χ3n) is 4.87. The van der Waals surface area contributed by atoms with Crippen LogP contribution in [-0.4, -0.2) is 26.6 Å². The lowest BCUT2D eigenvalue weighted by Gasteiger charge is -2.14. The molecule has 33 heavy (non-hydrogen) atoms. The number of halogens is 2. The zero-order valence-corrected chi connectivity index (χ0v) is 18.9. The summed E-state index contributed by atoms with van der Waals surface area (Å²) in [7, 11) is 0. The van der Waals surface area contributed by atoms with Crippen LogP contribution in [0.2, 0.25) is 10.0 Å². The first-order valence-corrected chi connectivity index (χ1v) is 10.5. The highest BCUT2D eigenvalue weighted by Gasteiger charge is 2.23. The lowest BCUT2D eigenvalue weighted by Crippen LogP contribution is -2.31. The second-order valence-electron chi connectivity index (χ2n) is 7.07. The predicted octanol–water partition coefficient (Wildman–Crippen LogP) is 4.41. The van der Waals surface area contributed by atoms with Gasteiger partial charge in [0.15, 0.2) is 5.82 Å². The molecule has 2 heterocycles. The monoisotopic (exact) mass is 480 g/mol. The van der Waals surface area contributed by atoms with Crippen LogP contribution in [0.4, 0.5) is 5.69 Å². The molecule has 2 amide bonds. The van der Waals surface area contributed by atoms with Crippen molar-refractivity contribution in [2.45, 2.75) is 6.92 Å². The molecule has 0 radical (unpaired) electrons. The maximum absolute atomic E-state index is 13.4. The van der Waals surface area contributed by atoms with Gasteiger partial charge < -0.3 is 5.32 Å². The van der Waals surface area contributed by atoms with E-state index >= 15 is 0 Å². The number of nitrogen functional groups attached to an aromatic ring is 1. The molecule has 10 heteroatoms. The van der Waals surface area contributed by atoms with E-state index in [1.54, 1.807) is 37.4 Å². The van der Waals surface area contributed by atoms with E-state index in [4.69, 9.17) is 29.0 Å². The van der Waals surface area contributed by atoms with Crippen LogP contribution in [0.15, 0.2) is 66.9 Å². The molecule has 0 fully saturated rings. The van der Waals surface area contributed by atoms with Crippen LogP contribution < -0.4 is 16.6 Å². The molecule has 0 saturated carbocycles. The van der Waals surface area contributed by atoms with E-state index in [-0.39, 0.29) is 16.9 Å². The molecule has 4 rings (SSSR count). The Morgan fingerprint density at radius 2 is 1.76 bits per heavy atom. The van der Waals surface area contributed by atoms with Gasteiger partial charge in [0, 0.05) is 16.8 Å². The number of hydrogen-bond donors (Lipinski definition) is 3. The molecule has 2 aromatic heterocycles. The van der Waals surface area contributed by atoms with Crippen molar-refractivity contribution in [3.05, 3.63) is 93.7 Å². The van der Waals surface area contributed by atoms with E-state index in [0.717, 1.165) is 5.56 Å². The van der Waals surface area contributed by atoms with Crippen LogP contribution in [0.25, 0.3) is 17.1 Å². The Morgan fingerprint density at radius 3 is 2.45 bits per heavy atom. The molecule has 4 aromatic rings. The zero-order chi connectivity index (χ0) is 23.5. The number of pyridine rings is 1. The largest absolute Gasteiger partial charge is 0.320 e. The van der Waals surface area contributed by atoms with Gasteiger partial charge in [-0.25, -0.2) is 15.5 Å². The number of hydrazine groups is 1. The maximum Gasteiger partial charge on any atom is 0.274 e. The molecule has 0 spiro atoms. The van der Waals surface area contributed by atoms with Gasteiger partial charge in [-0.3, -0.25) is 15.0 Å². The first kappa shape index (κ1) is 22.5. The van der Waals surface area contributed by atoms with E-state index in [0.29, 0.717) is 27.1 Å². The summed E-state index contributed by atoms with van der Waals surface area (Å²) in [5, 5.41) is 8.01. The van der Waals surface area contributed by atoms with Crippen molar-refractivity contribution in [2.75, 3.05) is 5.32 Å². The van der Waals surface area contributed by atoms with Crippen molar-refractivity contribution in [1.29, 1.82) is 0 Å². The fourth-order valence-corrected chi connectivity index (χ4v) is 3.81. The lowest BCUT2D eigenvalue weighted by molar-refractivity contribution is 0.0954. The van der Waals surface area contributed by atoms with Crippen LogP contribution in [0.5, 0.6) is 0 Å². The molecule has 4 N–H and O–H groups in total. The number of amides is 2. The van der Waals surface area contributed by atoms with Gasteiger partial charge in [0.1, 0.15) is 5.69 Å². The fourth-order valence-electron chi connectivity index (χ4n) is 3.33. The highest BCUT2D eigenvalue weighted by atomic mass is 35.5. The minimum absolute atomic E-state index is 0.126. The smallest absolute Gasteiger partial charge is 0.274 e. The first-order chi connectivity index (χ1) is 15.9. The normalized spacial score (nSPS) is 10.7. The summed E-state index contributed by atoms with van der Waals surface area (Å²) < 4.78 is 1.37. The Balaban J connectivity index is 1.82. The summed E-state index contributed by atoms with van der Waals surface area (Å²) in [5.41, 5.74) is 4.58. The van der Waals surface area contributed by atoms with Gasteiger partial charge in [-0.15, -0.1) is 0 Å². The SMILES string of the molecule is Cc1cc(Cl)cc(C(=O)NN)c1NC(=O)c1cc(-c2ccccc2)nn1-c1ncccc1Cl. The van der Waals surface area contributed by atoms with Gasteiger partial charge in [0.2, 0.25) is 0 Å². The Kier molecular flexibility index (Phi) is 6.41. The number of benzene rings is 2. The topological polar surface area (TPSA) is 115 Å². The van der Waals surface area contributed by atoms with Crippen LogP contribution in [-0.2, 0) is 0 Å². The molecular weight excluding hydrogens is 463 g/mol. The van der Waals surface area contributed by atoms with Crippen molar-refractivity contribution in [3.63, 3.8) is 0 Å². The zero-order valence-electron chi connectivity index (χ0n) is 17.3. The number of rotatable bonds is 5. The number of nitrogens with zero attached hydrogens (tertiary/aromatic N) is 3. The number of nitrogens with two attached hydrogens (primary N) is 1. The summed E-state index contributed by atoms with van der Waals surface area (Å²) in [5.74, 6) is 4.48. The van der Waals surface area contributed by atoms with Crippen molar-refractivity contribution in [2.24, 2.45) is 5.84 Å². The maximum atomic E-state index is 13.4. The second-order valence-corrected chi connectivity index (χ2v) is 7.92. The Hall–Kier alpha value is -3.72. The Bertz CT molecular complexity index is 1350. The van der Waals surface area contributed by atoms with Gasteiger partial charge in [-0.05, 0) is 42.8 Å². The predicted molar refractivity (Wildman–Crippen MR) is 128 cm³/mol. The Labute approximate surface area is 199 Å². The minimum Gasteiger partial charge on any atom is -0.320 e. The van der Waals surface area contributed by atoms with Crippen LogP contribution >= 0.6 is 23.2 Å². The minimum atomic E-state index is -0.595. The number of carbonyl (C=O) groups excluding carboxylic acids is 2. The molecule has 0 aliphatic carbocycles. The summed E-state index contributed by atoms with van der Waals surface area (Å²) in [6.07, 6.45) is 1.56. The van der Waals surface area contributed by atoms with Gasteiger partial charge in [0.25, 0.3) is 11.8 Å². The third kappa shape index (κ3) is 4.58. The van der Waals surface area contributed by atoms with Gasteiger partial charge in [-0.1, -0.05) is 53.5 Å². The highest BCUT2D eigenvalue weighted by molar-refractivity contribution is 6.32. The molecular formula is C23H18Cl2N6O2. The Morgan fingerprint density at radius 1 is 1.00 bits per heavy atom. The quantitative estimate of drug-likeness (QED) is 0.222. The van der Waals surface area contributed by atoms with Crippen molar-refractivity contribution in [1.82, 2.24) is 20.2 Å². The molecule has 0 unspecified atom stereocenters. The number of nitrogens with one attached hydrogen (secondary N) is 2. The van der Waals surface area contributed by atoms with E-state index < -0.39 is 11.8 Å². The first-order valence-electron chi connectivity index (χ1n) is 9.78. The molecule has 0 aliphatic rings. The van der Waals surface area contributed by atoms with Crippen LogP contribution in [0.1, 0.15) is 26.4 Å². The molecule has 0 saturated heterocycles. The van der Waals surface area contributed by atoms with E-state index in [1.807, 2.05) is 30.3 Å². The number of aromatic nitrogens is 3. The molecule has 166 valence electrons. The molecule has 0 atom stereocenters. The summed E-state index contributed by atoms with van der Waals surface area (Å²) >= 11 is 12.4. The molecule has 0 aliphatic heterocycles. The standard InChI is InChI=1S/C23H18Cl2N6O2/c1-13-10-15(24)11-16(22(32)29-26)20(13)28-23(33)19-12-18(14-6-3-2-4-7-14)30-31(19)21-17(25)8-5-9-27-21/h2-12H,26H2,1H3,(H,28,33)(H,29,32). The van der Waals surface area contributed by atoms with Crippen LogP contribution in [0, 0.1) is 6.92 Å². The number of carbonyl (C=O) groups is 2. The summed E-state index contributed by atoms with van der Waals surface area (Å²) in [6.45, 7) is 1.72. The van der Waals surface area contributed by atoms with E-state index in [1.165, 1.54) is 10.7 Å². The average molecular weight is 481 g/mol. The number of aryl methyl sites for hydroxylation is 1. The fraction of sp³-hybridized carbons (Fsp3) is 0.0435. The second kappa shape index (κ2) is 9.41. The van der Waals surface area contributed by atoms with Gasteiger partial charge in [-0.2, -0.15) is 5.10 Å². The van der Waals surface area contributed by atoms with Crippen molar-refractivity contribution in [3.8, 4) is 17.1 Å². The van der Waals surface area contributed by atoms with E-state index in [2.05, 4.69) is 20.8 Å². The molecule has 8 nitrogen and oxygen atoms in total. The van der Waals surface area contributed by atoms with Crippen LogP contribution in [0.3, 0.4) is 0 Å². The third-order valence-corrected chi connectivity index (χ3v) is 5.38. The highest BCUT2D eigenvalue weighted by Crippen LogP contribution is 2.28. The van der Waals surface area contributed by atoms with Crippen molar-refractivity contribution >= 4 is 40.7 Å². The van der Waals surface area contributed by atoms with Gasteiger partial charge >= 0.3 is 0 Å². The summed E-state index contributed by atoms with van der Waals surface area (Å²) in [4.78, 5) is 30.0. The number of hydrogen-bond acceptors (Lipinski definition) is 5. The lowest BCUT2D eigenvalue weighted by atomic mass is 10.1. The molecule has 2 aromatic carbocycles. The van der Waals surface area contributed by atoms with Crippen molar-refractivity contribution < 1.29 is 9.59 Å². The number of anilines is 1. The average Bonchev–Trinajstić information content (AvgIpc) is 3.26. The summed E-state index contributed by atoms with van der Waals surface area (Å²) in [6, 6.07) is 17.4. The van der Waals surface area contributed by atoms with E-state index in [9.17, 15) is 9.59 Å².